The summed E-state index contributed by atoms with van der Waals surface area (Å²) in [7, 11) is 0. The molecule has 0 spiro atoms. The monoisotopic (exact) mass is 293 g/mol. The maximum Gasteiger partial charge on any atom is 0.220 e. The van der Waals surface area contributed by atoms with Crippen molar-refractivity contribution < 1.29 is 14.3 Å². The predicted molar refractivity (Wildman–Crippen MR) is 78.7 cm³/mol. The van der Waals surface area contributed by atoms with Crippen molar-refractivity contribution >= 4 is 17.2 Å². The van der Waals surface area contributed by atoms with Crippen molar-refractivity contribution in [2.75, 3.05) is 6.61 Å². The van der Waals surface area contributed by atoms with Gasteiger partial charge in [-0.1, -0.05) is 0 Å². The Hall–Kier alpha value is -1.59. The first kappa shape index (κ1) is 14.8. The average Bonchev–Trinajstić information content (AvgIpc) is 3.08. The molecule has 2 heterocycles. The minimum atomic E-state index is -0.457. The summed E-state index contributed by atoms with van der Waals surface area (Å²) in [5.41, 5.74) is 0. The number of aliphatic hydroxyl groups excluding tert-OH is 1. The number of carbonyl (C=O) groups excluding carboxylic acids is 1. The summed E-state index contributed by atoms with van der Waals surface area (Å²) in [6.45, 7) is 1.92. The predicted octanol–water partition coefficient (Wildman–Crippen LogP) is 2.82. The molecule has 0 radical (unpaired) electrons. The van der Waals surface area contributed by atoms with Crippen molar-refractivity contribution in [1.82, 2.24) is 5.32 Å². The van der Waals surface area contributed by atoms with Crippen LogP contribution in [-0.4, -0.2) is 17.6 Å². The van der Waals surface area contributed by atoms with E-state index < -0.39 is 6.04 Å². The highest BCUT2D eigenvalue weighted by Gasteiger charge is 2.15. The van der Waals surface area contributed by atoms with E-state index in [2.05, 4.69) is 24.4 Å². The zero-order chi connectivity index (χ0) is 14.4. The van der Waals surface area contributed by atoms with Crippen molar-refractivity contribution in [1.29, 1.82) is 0 Å². The molecular weight excluding hydrogens is 274 g/mol. The first-order valence-corrected chi connectivity index (χ1v) is 7.49. The Kier molecular flexibility index (Phi) is 5.38. The van der Waals surface area contributed by atoms with Gasteiger partial charge in [-0.25, -0.2) is 0 Å². The summed E-state index contributed by atoms with van der Waals surface area (Å²) in [5.74, 6) is 0.517. The minimum absolute atomic E-state index is 0.0614. The molecule has 0 saturated carbocycles. The Morgan fingerprint density at radius 1 is 1.45 bits per heavy atom. The van der Waals surface area contributed by atoms with E-state index in [1.807, 2.05) is 0 Å². The molecule has 0 aliphatic heterocycles. The zero-order valence-corrected chi connectivity index (χ0v) is 12.3. The van der Waals surface area contributed by atoms with Crippen LogP contribution in [-0.2, 0) is 11.2 Å². The number of aliphatic hydroxyl groups is 1. The number of aryl methyl sites for hydroxylation is 2. The standard InChI is InChI=1S/C15H19NO3S/c1-11-7-8-12(20-11)4-2-6-15(18)16-13(10-17)14-5-3-9-19-14/h3,5,7-9,13,17H,2,4,6,10H2,1H3,(H,16,18). The van der Waals surface area contributed by atoms with E-state index in [-0.39, 0.29) is 12.5 Å². The summed E-state index contributed by atoms with van der Waals surface area (Å²) < 4.78 is 5.19. The number of thiophene rings is 1. The molecule has 0 saturated heterocycles. The van der Waals surface area contributed by atoms with Gasteiger partial charge in [0.1, 0.15) is 11.8 Å². The van der Waals surface area contributed by atoms with Gasteiger partial charge in [0.05, 0.1) is 12.9 Å². The van der Waals surface area contributed by atoms with Gasteiger partial charge in [0.2, 0.25) is 5.91 Å². The highest BCUT2D eigenvalue weighted by atomic mass is 32.1. The highest BCUT2D eigenvalue weighted by Crippen LogP contribution is 2.17. The molecule has 2 aromatic rings. The fourth-order valence-electron chi connectivity index (χ4n) is 2.01. The SMILES string of the molecule is Cc1ccc(CCCC(=O)NC(CO)c2ccco2)s1. The lowest BCUT2D eigenvalue weighted by Crippen LogP contribution is -2.30. The van der Waals surface area contributed by atoms with E-state index in [0.29, 0.717) is 12.2 Å². The highest BCUT2D eigenvalue weighted by molar-refractivity contribution is 7.11. The fourth-order valence-corrected chi connectivity index (χ4v) is 2.94. The van der Waals surface area contributed by atoms with Crippen LogP contribution in [0.4, 0.5) is 0 Å². The van der Waals surface area contributed by atoms with E-state index in [9.17, 15) is 9.90 Å². The molecule has 4 nitrogen and oxygen atoms in total. The number of rotatable bonds is 7. The molecule has 20 heavy (non-hydrogen) atoms. The van der Waals surface area contributed by atoms with Crippen LogP contribution in [0.5, 0.6) is 0 Å². The number of hydrogen-bond donors (Lipinski definition) is 2. The third-order valence-corrected chi connectivity index (χ3v) is 4.09. The number of carbonyl (C=O) groups is 1. The van der Waals surface area contributed by atoms with Crippen molar-refractivity contribution in [3.8, 4) is 0 Å². The molecular formula is C15H19NO3S. The van der Waals surface area contributed by atoms with E-state index in [1.165, 1.54) is 16.0 Å². The van der Waals surface area contributed by atoms with Gasteiger partial charge in [0.15, 0.2) is 0 Å². The van der Waals surface area contributed by atoms with Gasteiger partial charge >= 0.3 is 0 Å². The first-order chi connectivity index (χ1) is 9.69. The summed E-state index contributed by atoms with van der Waals surface area (Å²) in [4.78, 5) is 14.4. The molecule has 1 atom stereocenters. The molecule has 0 fully saturated rings. The van der Waals surface area contributed by atoms with Gasteiger partial charge < -0.3 is 14.8 Å². The molecule has 1 amide bonds. The third-order valence-electron chi connectivity index (χ3n) is 3.03. The zero-order valence-electron chi connectivity index (χ0n) is 11.5. The number of amides is 1. The number of nitrogens with one attached hydrogen (secondary N) is 1. The van der Waals surface area contributed by atoms with E-state index >= 15 is 0 Å². The van der Waals surface area contributed by atoms with Crippen LogP contribution in [0.2, 0.25) is 0 Å². The molecule has 0 aromatic carbocycles. The van der Waals surface area contributed by atoms with E-state index in [4.69, 9.17) is 4.42 Å². The lowest BCUT2D eigenvalue weighted by molar-refractivity contribution is -0.122. The number of hydrogen-bond acceptors (Lipinski definition) is 4. The summed E-state index contributed by atoms with van der Waals surface area (Å²) in [5, 5.41) is 12.1. The van der Waals surface area contributed by atoms with Crippen LogP contribution in [0.15, 0.2) is 34.9 Å². The largest absolute Gasteiger partial charge is 0.467 e. The second-order valence-electron chi connectivity index (χ2n) is 4.68. The number of furan rings is 1. The van der Waals surface area contributed by atoms with Crippen LogP contribution in [0.3, 0.4) is 0 Å². The van der Waals surface area contributed by atoms with Crippen LogP contribution in [0, 0.1) is 6.92 Å². The first-order valence-electron chi connectivity index (χ1n) is 6.68. The second-order valence-corrected chi connectivity index (χ2v) is 6.06. The van der Waals surface area contributed by atoms with E-state index in [1.54, 1.807) is 23.5 Å². The second kappa shape index (κ2) is 7.26. The normalized spacial score (nSPS) is 12.3. The van der Waals surface area contributed by atoms with Crippen molar-refractivity contribution in [2.45, 2.75) is 32.2 Å². The topological polar surface area (TPSA) is 62.5 Å². The molecule has 2 rings (SSSR count). The Morgan fingerprint density at radius 2 is 2.30 bits per heavy atom. The van der Waals surface area contributed by atoms with Crippen LogP contribution < -0.4 is 5.32 Å². The van der Waals surface area contributed by atoms with Crippen molar-refractivity contribution in [2.24, 2.45) is 0 Å². The van der Waals surface area contributed by atoms with E-state index in [0.717, 1.165) is 12.8 Å². The molecule has 1 unspecified atom stereocenters. The van der Waals surface area contributed by atoms with Crippen molar-refractivity contribution in [3.05, 3.63) is 46.0 Å². The molecule has 5 heteroatoms. The Bertz CT molecular complexity index is 533. The average molecular weight is 293 g/mol. The van der Waals surface area contributed by atoms with Gasteiger partial charge in [-0.05, 0) is 44.0 Å². The van der Waals surface area contributed by atoms with Crippen LogP contribution in [0.1, 0.15) is 34.4 Å². The fraction of sp³-hybridized carbons (Fsp3) is 0.400. The van der Waals surface area contributed by atoms with Gasteiger partial charge in [0, 0.05) is 16.2 Å². The molecule has 108 valence electrons. The van der Waals surface area contributed by atoms with Crippen LogP contribution in [0.25, 0.3) is 0 Å². The van der Waals surface area contributed by atoms with Gasteiger partial charge in [-0.2, -0.15) is 0 Å². The Morgan fingerprint density at radius 3 is 2.90 bits per heavy atom. The minimum Gasteiger partial charge on any atom is -0.467 e. The molecule has 0 aliphatic carbocycles. The summed E-state index contributed by atoms with van der Waals surface area (Å²) >= 11 is 1.77. The van der Waals surface area contributed by atoms with Crippen LogP contribution >= 0.6 is 11.3 Å². The Labute approximate surface area is 122 Å². The smallest absolute Gasteiger partial charge is 0.220 e. The lowest BCUT2D eigenvalue weighted by Gasteiger charge is -2.13. The van der Waals surface area contributed by atoms with Gasteiger partial charge in [0.25, 0.3) is 0 Å². The maximum atomic E-state index is 11.8. The lowest BCUT2D eigenvalue weighted by atomic mass is 10.2. The quantitative estimate of drug-likeness (QED) is 0.825. The maximum absolute atomic E-state index is 11.8. The Balaban J connectivity index is 1.74. The van der Waals surface area contributed by atoms with Gasteiger partial charge in [-0.15, -0.1) is 11.3 Å². The molecule has 2 aromatic heterocycles. The molecule has 0 bridgehead atoms. The third kappa shape index (κ3) is 4.21. The molecule has 2 N–H and O–H groups in total. The molecule has 0 aliphatic rings. The van der Waals surface area contributed by atoms with Crippen molar-refractivity contribution in [3.63, 3.8) is 0 Å². The summed E-state index contributed by atoms with van der Waals surface area (Å²) in [6, 6.07) is 7.23. The van der Waals surface area contributed by atoms with Gasteiger partial charge in [-0.3, -0.25) is 4.79 Å². The summed E-state index contributed by atoms with van der Waals surface area (Å²) in [6.07, 6.45) is 3.70.